The van der Waals surface area contributed by atoms with Gasteiger partial charge in [-0.1, -0.05) is 50.5 Å². The predicted molar refractivity (Wildman–Crippen MR) is 90.4 cm³/mol. The molecule has 1 saturated carbocycles. The van der Waals surface area contributed by atoms with Gasteiger partial charge in [-0.3, -0.25) is 0 Å². The molecule has 0 amide bonds. The van der Waals surface area contributed by atoms with Crippen LogP contribution in [0.3, 0.4) is 0 Å². The average Bonchev–Trinajstić information content (AvgIpc) is 2.50. The molecule has 0 aromatic heterocycles. The van der Waals surface area contributed by atoms with Crippen LogP contribution in [0.15, 0.2) is 24.3 Å². The fourth-order valence-electron chi connectivity index (χ4n) is 3.54. The molecule has 5 heteroatoms. The highest BCUT2D eigenvalue weighted by atomic mass is 35.5. The second kappa shape index (κ2) is 8.33. The minimum absolute atomic E-state index is 0.0438. The molecule has 2 N–H and O–H groups in total. The third-order valence-corrected chi connectivity index (χ3v) is 5.34. The van der Waals surface area contributed by atoms with Gasteiger partial charge in [-0.25, -0.2) is 4.39 Å². The second-order valence-corrected chi connectivity index (χ2v) is 6.93. The number of benzene rings is 1. The first-order valence-electron chi connectivity index (χ1n) is 8.27. The summed E-state index contributed by atoms with van der Waals surface area (Å²) < 4.78 is 14.7. The molecule has 1 aliphatic carbocycles. The van der Waals surface area contributed by atoms with E-state index in [1.54, 1.807) is 18.2 Å². The maximum absolute atomic E-state index is 14.7. The predicted octanol–water partition coefficient (Wildman–Crippen LogP) is 3.39. The van der Waals surface area contributed by atoms with Crippen LogP contribution < -0.4 is 5.46 Å². The molecular weight excluding hydrogens is 301 g/mol. The SMILES string of the molecule is CCCCCC1CC(F)C(c2ccccc2B(O)O)CC1Cl. The van der Waals surface area contributed by atoms with Crippen LogP contribution in [-0.4, -0.2) is 28.7 Å². The molecule has 0 bridgehead atoms. The Hall–Kier alpha value is -0.575. The fraction of sp³-hybridized carbons (Fsp3) is 0.647. The molecule has 22 heavy (non-hydrogen) atoms. The zero-order valence-corrected chi connectivity index (χ0v) is 13.8. The van der Waals surface area contributed by atoms with Crippen LogP contribution in [0.2, 0.25) is 0 Å². The fourth-order valence-corrected chi connectivity index (χ4v) is 3.97. The van der Waals surface area contributed by atoms with E-state index in [-0.39, 0.29) is 17.2 Å². The molecule has 1 aliphatic rings. The minimum atomic E-state index is -1.57. The van der Waals surface area contributed by atoms with E-state index >= 15 is 0 Å². The highest BCUT2D eigenvalue weighted by Crippen LogP contribution is 2.41. The first-order chi connectivity index (χ1) is 10.5. The average molecular weight is 327 g/mol. The topological polar surface area (TPSA) is 40.5 Å². The Labute approximate surface area is 137 Å². The van der Waals surface area contributed by atoms with Crippen LogP contribution >= 0.6 is 11.6 Å². The molecule has 0 heterocycles. The molecule has 4 atom stereocenters. The Bertz CT molecular complexity index is 472. The van der Waals surface area contributed by atoms with E-state index in [0.717, 1.165) is 19.3 Å². The molecule has 122 valence electrons. The van der Waals surface area contributed by atoms with Gasteiger partial charge in [0.1, 0.15) is 6.17 Å². The normalized spacial score (nSPS) is 28.6. The minimum Gasteiger partial charge on any atom is -0.423 e. The Morgan fingerprint density at radius 3 is 2.64 bits per heavy atom. The lowest BCUT2D eigenvalue weighted by atomic mass is 9.68. The largest absolute Gasteiger partial charge is 0.488 e. The summed E-state index contributed by atoms with van der Waals surface area (Å²) in [5, 5.41) is 18.9. The maximum Gasteiger partial charge on any atom is 0.488 e. The lowest BCUT2D eigenvalue weighted by Gasteiger charge is -2.36. The molecule has 1 aromatic rings. The quantitative estimate of drug-likeness (QED) is 0.478. The summed E-state index contributed by atoms with van der Waals surface area (Å²) in [7, 11) is -1.57. The lowest BCUT2D eigenvalue weighted by molar-refractivity contribution is 0.166. The molecule has 0 saturated heterocycles. The highest BCUT2D eigenvalue weighted by molar-refractivity contribution is 6.59. The van der Waals surface area contributed by atoms with E-state index < -0.39 is 13.3 Å². The van der Waals surface area contributed by atoms with Gasteiger partial charge in [0.15, 0.2) is 0 Å². The summed E-state index contributed by atoms with van der Waals surface area (Å²) in [5.74, 6) is -0.117. The van der Waals surface area contributed by atoms with Gasteiger partial charge in [0.2, 0.25) is 0 Å². The molecule has 2 nitrogen and oxygen atoms in total. The van der Waals surface area contributed by atoms with Gasteiger partial charge >= 0.3 is 7.12 Å². The van der Waals surface area contributed by atoms with Crippen molar-refractivity contribution in [2.45, 2.75) is 62.9 Å². The number of hydrogen-bond acceptors (Lipinski definition) is 2. The summed E-state index contributed by atoms with van der Waals surface area (Å²) in [6.07, 6.45) is 4.47. The Morgan fingerprint density at radius 1 is 1.23 bits per heavy atom. The standard InChI is InChI=1S/C17H25BClFO2/c1-2-3-4-7-12-10-17(20)14(11-16(12)19)13-8-5-6-9-15(13)18(21)22/h5-6,8-9,12,14,16-17,21-22H,2-4,7,10-11H2,1H3. The van der Waals surface area contributed by atoms with Gasteiger partial charge in [0, 0.05) is 11.3 Å². The summed E-state index contributed by atoms with van der Waals surface area (Å²) in [5.41, 5.74) is 1.08. The lowest BCUT2D eigenvalue weighted by Crippen LogP contribution is -2.39. The van der Waals surface area contributed by atoms with E-state index in [1.807, 2.05) is 6.07 Å². The van der Waals surface area contributed by atoms with E-state index in [1.165, 1.54) is 6.42 Å². The van der Waals surface area contributed by atoms with Crippen molar-refractivity contribution in [2.75, 3.05) is 0 Å². The summed E-state index contributed by atoms with van der Waals surface area (Å²) in [4.78, 5) is 0. The van der Waals surface area contributed by atoms with Crippen LogP contribution in [0.4, 0.5) is 4.39 Å². The summed E-state index contributed by atoms with van der Waals surface area (Å²) in [6, 6.07) is 6.97. The molecule has 4 unspecified atom stereocenters. The van der Waals surface area contributed by atoms with E-state index in [4.69, 9.17) is 11.6 Å². The molecule has 1 aromatic carbocycles. The molecule has 2 rings (SSSR count). The van der Waals surface area contributed by atoms with Crippen molar-refractivity contribution < 1.29 is 14.4 Å². The first kappa shape index (κ1) is 17.8. The number of hydrogen-bond donors (Lipinski definition) is 2. The zero-order chi connectivity index (χ0) is 16.1. The smallest absolute Gasteiger partial charge is 0.423 e. The van der Waals surface area contributed by atoms with Gasteiger partial charge < -0.3 is 10.0 Å². The number of halogens is 2. The first-order valence-corrected chi connectivity index (χ1v) is 8.71. The number of rotatable bonds is 6. The molecular formula is C17H25BClFO2. The van der Waals surface area contributed by atoms with E-state index in [2.05, 4.69) is 6.92 Å². The zero-order valence-electron chi connectivity index (χ0n) is 13.1. The molecule has 0 spiro atoms. The summed E-state index contributed by atoms with van der Waals surface area (Å²) >= 11 is 6.51. The van der Waals surface area contributed by atoms with Crippen LogP contribution in [0.1, 0.15) is 56.9 Å². The van der Waals surface area contributed by atoms with Gasteiger partial charge in [0.25, 0.3) is 0 Å². The Morgan fingerprint density at radius 2 is 1.95 bits per heavy atom. The van der Waals surface area contributed by atoms with E-state index in [0.29, 0.717) is 23.9 Å². The van der Waals surface area contributed by atoms with Crippen LogP contribution in [0.25, 0.3) is 0 Å². The van der Waals surface area contributed by atoms with Gasteiger partial charge in [-0.15, -0.1) is 11.6 Å². The van der Waals surface area contributed by atoms with Crippen molar-refractivity contribution in [1.29, 1.82) is 0 Å². The van der Waals surface area contributed by atoms with Crippen LogP contribution in [0, 0.1) is 5.92 Å². The van der Waals surface area contributed by atoms with Gasteiger partial charge in [-0.2, -0.15) is 0 Å². The second-order valence-electron chi connectivity index (χ2n) is 6.37. The van der Waals surface area contributed by atoms with Gasteiger partial charge in [-0.05, 0) is 36.2 Å². The van der Waals surface area contributed by atoms with Crippen molar-refractivity contribution in [3.05, 3.63) is 29.8 Å². The monoisotopic (exact) mass is 326 g/mol. The van der Waals surface area contributed by atoms with Crippen molar-refractivity contribution >= 4 is 24.2 Å². The molecule has 1 fully saturated rings. The van der Waals surface area contributed by atoms with Crippen molar-refractivity contribution in [2.24, 2.45) is 5.92 Å². The number of alkyl halides is 2. The molecule has 0 aliphatic heterocycles. The van der Waals surface area contributed by atoms with Crippen LogP contribution in [-0.2, 0) is 0 Å². The van der Waals surface area contributed by atoms with Gasteiger partial charge in [0.05, 0.1) is 0 Å². The van der Waals surface area contributed by atoms with Crippen molar-refractivity contribution in [1.82, 2.24) is 0 Å². The van der Waals surface area contributed by atoms with Crippen molar-refractivity contribution in [3.8, 4) is 0 Å². The Balaban J connectivity index is 2.09. The highest BCUT2D eigenvalue weighted by Gasteiger charge is 2.38. The van der Waals surface area contributed by atoms with Crippen molar-refractivity contribution in [3.63, 3.8) is 0 Å². The third-order valence-electron chi connectivity index (χ3n) is 4.81. The van der Waals surface area contributed by atoms with E-state index in [9.17, 15) is 14.4 Å². The Kier molecular flexibility index (Phi) is 6.73. The maximum atomic E-state index is 14.7. The molecule has 0 radical (unpaired) electrons. The third kappa shape index (κ3) is 4.24. The summed E-state index contributed by atoms with van der Waals surface area (Å²) in [6.45, 7) is 2.16. The van der Waals surface area contributed by atoms with Crippen LogP contribution in [0.5, 0.6) is 0 Å². The number of unbranched alkanes of at least 4 members (excludes halogenated alkanes) is 2.